The summed E-state index contributed by atoms with van der Waals surface area (Å²) in [6.45, 7) is 2.04. The highest BCUT2D eigenvalue weighted by Crippen LogP contribution is 2.25. The largest absolute Gasteiger partial charge is 0.294 e. The van der Waals surface area contributed by atoms with E-state index in [1.165, 1.54) is 11.2 Å². The molecule has 0 N–H and O–H groups in total. The Bertz CT molecular complexity index is 734. The number of hydrogen-bond donors (Lipinski definition) is 0. The fourth-order valence-corrected chi connectivity index (χ4v) is 2.91. The van der Waals surface area contributed by atoms with E-state index in [2.05, 4.69) is 9.97 Å². The van der Waals surface area contributed by atoms with Crippen LogP contribution in [0.15, 0.2) is 42.7 Å². The van der Waals surface area contributed by atoms with Crippen LogP contribution in [0.1, 0.15) is 20.9 Å². The lowest BCUT2D eigenvalue weighted by Crippen LogP contribution is -2.05. The van der Waals surface area contributed by atoms with Gasteiger partial charge in [-0.05, 0) is 13.0 Å². The summed E-state index contributed by atoms with van der Waals surface area (Å²) in [6, 6.07) is 11.4. The summed E-state index contributed by atoms with van der Waals surface area (Å²) in [5.74, 6) is 0.0875. The normalized spacial score (nSPS) is 10.8. The second-order valence-electron chi connectivity index (χ2n) is 4.36. The van der Waals surface area contributed by atoms with Gasteiger partial charge >= 0.3 is 0 Å². The molecule has 4 heteroatoms. The molecular formula is C15H12N2OS. The number of nitrogens with zero attached hydrogens (tertiary/aromatic N) is 2. The molecule has 0 fully saturated rings. The molecule has 19 heavy (non-hydrogen) atoms. The molecule has 0 bridgehead atoms. The molecular weight excluding hydrogens is 256 g/mol. The van der Waals surface area contributed by atoms with Crippen LogP contribution < -0.4 is 0 Å². The molecule has 0 amide bonds. The van der Waals surface area contributed by atoms with Crippen LogP contribution in [-0.4, -0.2) is 15.8 Å². The molecule has 3 nitrogen and oxygen atoms in total. The average molecular weight is 268 g/mol. The van der Waals surface area contributed by atoms with E-state index >= 15 is 0 Å². The third-order valence-electron chi connectivity index (χ3n) is 2.96. The molecule has 2 aromatic heterocycles. The van der Waals surface area contributed by atoms with Crippen molar-refractivity contribution in [1.29, 1.82) is 0 Å². The lowest BCUT2D eigenvalue weighted by atomic mass is 10.1. The minimum absolute atomic E-state index is 0.0875. The van der Waals surface area contributed by atoms with Crippen molar-refractivity contribution in [2.24, 2.45) is 0 Å². The van der Waals surface area contributed by atoms with Gasteiger partial charge in [0.2, 0.25) is 0 Å². The number of ketones is 1. The summed E-state index contributed by atoms with van der Waals surface area (Å²) in [7, 11) is 0. The molecule has 94 valence electrons. The maximum atomic E-state index is 12.2. The van der Waals surface area contributed by atoms with E-state index in [0.717, 1.165) is 21.5 Å². The van der Waals surface area contributed by atoms with E-state index in [-0.39, 0.29) is 5.78 Å². The zero-order valence-electron chi connectivity index (χ0n) is 10.5. The predicted molar refractivity (Wildman–Crippen MR) is 76.6 cm³/mol. The van der Waals surface area contributed by atoms with Gasteiger partial charge in [-0.2, -0.15) is 0 Å². The fourth-order valence-electron chi connectivity index (χ4n) is 2.04. The molecule has 3 aromatic rings. The van der Waals surface area contributed by atoms with Crippen molar-refractivity contribution in [2.45, 2.75) is 13.3 Å². The number of fused-ring (bicyclic) bond motifs is 1. The second-order valence-corrected chi connectivity index (χ2v) is 5.60. The molecule has 1 aromatic carbocycles. The Balaban J connectivity index is 1.95. The maximum Gasteiger partial charge on any atom is 0.168 e. The molecule has 2 heterocycles. The minimum atomic E-state index is 0.0875. The topological polar surface area (TPSA) is 42.9 Å². The van der Waals surface area contributed by atoms with Crippen molar-refractivity contribution in [3.8, 4) is 0 Å². The molecule has 0 aliphatic rings. The number of rotatable bonds is 3. The number of aryl methyl sites for hydroxylation is 1. The van der Waals surface area contributed by atoms with E-state index < -0.39 is 0 Å². The zero-order chi connectivity index (χ0) is 13.2. The highest BCUT2D eigenvalue weighted by Gasteiger charge is 2.12. The molecule has 0 aliphatic heterocycles. The van der Waals surface area contributed by atoms with Gasteiger partial charge in [-0.15, -0.1) is 11.3 Å². The van der Waals surface area contributed by atoms with E-state index in [1.54, 1.807) is 11.3 Å². The Labute approximate surface area is 115 Å². The lowest BCUT2D eigenvalue weighted by molar-refractivity contribution is 0.0992. The average Bonchev–Trinajstić information content (AvgIpc) is 2.81. The van der Waals surface area contributed by atoms with Crippen molar-refractivity contribution in [1.82, 2.24) is 9.97 Å². The summed E-state index contributed by atoms with van der Waals surface area (Å²) in [5, 5.41) is 0.995. The SMILES string of the molecule is Cc1cc2c(CC(=O)c3ccccc3)ncnc2s1. The Hall–Kier alpha value is -2.07. The van der Waals surface area contributed by atoms with Crippen LogP contribution >= 0.6 is 11.3 Å². The van der Waals surface area contributed by atoms with Crippen LogP contribution in [0.4, 0.5) is 0 Å². The maximum absolute atomic E-state index is 12.2. The first-order chi connectivity index (χ1) is 9.24. The molecule has 0 saturated carbocycles. The minimum Gasteiger partial charge on any atom is -0.294 e. The monoisotopic (exact) mass is 268 g/mol. The van der Waals surface area contributed by atoms with E-state index in [1.807, 2.05) is 43.3 Å². The van der Waals surface area contributed by atoms with Crippen LogP contribution in [-0.2, 0) is 6.42 Å². The Morgan fingerprint density at radius 2 is 2.00 bits per heavy atom. The van der Waals surface area contributed by atoms with Crippen molar-refractivity contribution in [2.75, 3.05) is 0 Å². The summed E-state index contributed by atoms with van der Waals surface area (Å²) in [6.07, 6.45) is 1.85. The van der Waals surface area contributed by atoms with Crippen molar-refractivity contribution in [3.63, 3.8) is 0 Å². The predicted octanol–water partition coefficient (Wildman–Crippen LogP) is 3.43. The second kappa shape index (κ2) is 4.90. The first kappa shape index (κ1) is 12.0. The van der Waals surface area contributed by atoms with E-state index in [0.29, 0.717) is 6.42 Å². The highest BCUT2D eigenvalue weighted by atomic mass is 32.1. The van der Waals surface area contributed by atoms with Gasteiger partial charge in [-0.1, -0.05) is 30.3 Å². The first-order valence-electron chi connectivity index (χ1n) is 6.02. The number of thiophene rings is 1. The summed E-state index contributed by atoms with van der Waals surface area (Å²) < 4.78 is 0. The zero-order valence-corrected chi connectivity index (χ0v) is 11.3. The number of hydrogen-bond acceptors (Lipinski definition) is 4. The molecule has 0 radical (unpaired) electrons. The number of Topliss-reactive ketones (excluding diaryl/α,β-unsaturated/α-hetero) is 1. The van der Waals surface area contributed by atoms with Gasteiger partial charge in [0.15, 0.2) is 5.78 Å². The van der Waals surface area contributed by atoms with Gasteiger partial charge in [-0.3, -0.25) is 4.79 Å². The van der Waals surface area contributed by atoms with Crippen LogP contribution in [0, 0.1) is 6.92 Å². The quantitative estimate of drug-likeness (QED) is 0.683. The summed E-state index contributed by atoms with van der Waals surface area (Å²) >= 11 is 1.63. The molecule has 0 saturated heterocycles. The number of aromatic nitrogens is 2. The fraction of sp³-hybridized carbons (Fsp3) is 0.133. The molecule has 0 unspecified atom stereocenters. The van der Waals surface area contributed by atoms with Crippen molar-refractivity contribution in [3.05, 3.63) is 58.9 Å². The number of carbonyl (C=O) groups excluding carboxylic acids is 1. The van der Waals surface area contributed by atoms with Gasteiger partial charge in [-0.25, -0.2) is 9.97 Å². The highest BCUT2D eigenvalue weighted by molar-refractivity contribution is 7.18. The molecule has 0 atom stereocenters. The lowest BCUT2D eigenvalue weighted by Gasteiger charge is -2.01. The standard InChI is InChI=1S/C15H12N2OS/c1-10-7-12-13(16-9-17-15(12)19-10)8-14(18)11-5-3-2-4-6-11/h2-7,9H,8H2,1H3. The Morgan fingerprint density at radius 3 is 2.79 bits per heavy atom. The Morgan fingerprint density at radius 1 is 1.21 bits per heavy atom. The molecule has 0 spiro atoms. The van der Waals surface area contributed by atoms with Crippen LogP contribution in [0.5, 0.6) is 0 Å². The smallest absolute Gasteiger partial charge is 0.168 e. The van der Waals surface area contributed by atoms with Crippen molar-refractivity contribution >= 4 is 27.3 Å². The van der Waals surface area contributed by atoms with E-state index in [9.17, 15) is 4.79 Å². The van der Waals surface area contributed by atoms with Gasteiger partial charge < -0.3 is 0 Å². The summed E-state index contributed by atoms with van der Waals surface area (Å²) in [5.41, 5.74) is 1.53. The first-order valence-corrected chi connectivity index (χ1v) is 6.84. The van der Waals surface area contributed by atoms with Gasteiger partial charge in [0.25, 0.3) is 0 Å². The van der Waals surface area contributed by atoms with Crippen LogP contribution in [0.2, 0.25) is 0 Å². The Kier molecular flexibility index (Phi) is 3.09. The van der Waals surface area contributed by atoms with Crippen LogP contribution in [0.25, 0.3) is 10.2 Å². The van der Waals surface area contributed by atoms with Crippen molar-refractivity contribution < 1.29 is 4.79 Å². The third-order valence-corrected chi connectivity index (χ3v) is 3.92. The molecule has 3 rings (SSSR count). The van der Waals surface area contributed by atoms with Crippen LogP contribution in [0.3, 0.4) is 0 Å². The van der Waals surface area contributed by atoms with Gasteiger partial charge in [0, 0.05) is 15.8 Å². The molecule has 0 aliphatic carbocycles. The van der Waals surface area contributed by atoms with E-state index in [4.69, 9.17) is 0 Å². The summed E-state index contributed by atoms with van der Waals surface area (Å²) in [4.78, 5) is 22.8. The van der Waals surface area contributed by atoms with Gasteiger partial charge in [0.05, 0.1) is 12.1 Å². The number of carbonyl (C=O) groups is 1. The van der Waals surface area contributed by atoms with Gasteiger partial charge in [0.1, 0.15) is 11.2 Å². The third kappa shape index (κ3) is 2.39. The number of benzene rings is 1.